The molecule has 1 aliphatic heterocycles. The fraction of sp³-hybridized carbons (Fsp3) is 0.385. The van der Waals surface area contributed by atoms with Crippen molar-refractivity contribution in [2.24, 2.45) is 0 Å². The van der Waals surface area contributed by atoms with E-state index < -0.39 is 0 Å². The molecule has 0 saturated carbocycles. The Hall–Kier alpha value is -2.54. The quantitative estimate of drug-likeness (QED) is 0.521. The van der Waals surface area contributed by atoms with Crippen molar-refractivity contribution in [1.29, 1.82) is 0 Å². The van der Waals surface area contributed by atoms with Crippen molar-refractivity contribution in [3.63, 3.8) is 0 Å². The lowest BCUT2D eigenvalue weighted by atomic mass is 9.96. The van der Waals surface area contributed by atoms with Gasteiger partial charge in [0.15, 0.2) is 0 Å². The number of benzene rings is 2. The number of rotatable bonds is 8. The van der Waals surface area contributed by atoms with Gasteiger partial charge in [0.1, 0.15) is 0 Å². The van der Waals surface area contributed by atoms with E-state index in [4.69, 9.17) is 0 Å². The second-order valence-electron chi connectivity index (χ2n) is 8.40. The number of nitrogens with zero attached hydrogens (tertiary/aromatic N) is 4. The van der Waals surface area contributed by atoms with Crippen molar-refractivity contribution in [3.05, 3.63) is 87.9 Å². The summed E-state index contributed by atoms with van der Waals surface area (Å²) in [6.45, 7) is 6.53. The van der Waals surface area contributed by atoms with Crippen molar-refractivity contribution in [2.75, 3.05) is 39.8 Å². The summed E-state index contributed by atoms with van der Waals surface area (Å²) in [5.74, 6) is 0.203. The van der Waals surface area contributed by atoms with Crippen LogP contribution in [-0.4, -0.2) is 65.4 Å². The van der Waals surface area contributed by atoms with E-state index in [9.17, 15) is 4.79 Å². The molecule has 0 unspecified atom stereocenters. The first-order valence-corrected chi connectivity index (χ1v) is 12.3. The van der Waals surface area contributed by atoms with Crippen molar-refractivity contribution >= 4 is 17.2 Å². The number of aryl methyl sites for hydroxylation is 1. The van der Waals surface area contributed by atoms with Crippen molar-refractivity contribution in [2.45, 2.75) is 25.9 Å². The van der Waals surface area contributed by atoms with Crippen molar-refractivity contribution in [1.82, 2.24) is 19.7 Å². The minimum atomic E-state index is 0.203. The van der Waals surface area contributed by atoms with E-state index >= 15 is 0 Å². The molecule has 32 heavy (non-hydrogen) atoms. The predicted molar refractivity (Wildman–Crippen MR) is 131 cm³/mol. The lowest BCUT2D eigenvalue weighted by Crippen LogP contribution is -2.51. The maximum atomic E-state index is 12.9. The molecule has 1 aromatic heterocycles. The molecule has 0 aliphatic carbocycles. The zero-order valence-electron chi connectivity index (χ0n) is 19.0. The molecule has 3 aromatic rings. The Morgan fingerprint density at radius 3 is 2.12 bits per heavy atom. The van der Waals surface area contributed by atoms with E-state index in [0.29, 0.717) is 13.1 Å². The fourth-order valence-electron chi connectivity index (χ4n) is 4.36. The van der Waals surface area contributed by atoms with Crippen LogP contribution >= 0.6 is 11.3 Å². The minimum absolute atomic E-state index is 0.203. The SMILES string of the molecule is CCc1nc(CN(C)CC(=O)N2CCN(C(c3ccccc3)c3ccccc3)CC2)cs1. The highest BCUT2D eigenvalue weighted by molar-refractivity contribution is 7.09. The number of hydrogen-bond donors (Lipinski definition) is 0. The second-order valence-corrected chi connectivity index (χ2v) is 9.34. The average Bonchev–Trinajstić information content (AvgIpc) is 3.28. The van der Waals surface area contributed by atoms with Crippen LogP contribution < -0.4 is 0 Å². The van der Waals surface area contributed by atoms with Gasteiger partial charge in [0.05, 0.1) is 23.3 Å². The smallest absolute Gasteiger partial charge is 0.236 e. The van der Waals surface area contributed by atoms with Crippen LogP contribution in [0.25, 0.3) is 0 Å². The number of thiazole rings is 1. The van der Waals surface area contributed by atoms with Crippen LogP contribution in [0.5, 0.6) is 0 Å². The molecule has 1 amide bonds. The summed E-state index contributed by atoms with van der Waals surface area (Å²) in [5, 5.41) is 3.26. The molecule has 0 N–H and O–H groups in total. The van der Waals surface area contributed by atoms with E-state index in [1.807, 2.05) is 11.9 Å². The summed E-state index contributed by atoms with van der Waals surface area (Å²) in [5.41, 5.74) is 3.65. The number of carbonyl (C=O) groups excluding carboxylic acids is 1. The highest BCUT2D eigenvalue weighted by Crippen LogP contribution is 2.29. The summed E-state index contributed by atoms with van der Waals surface area (Å²) in [6.07, 6.45) is 0.963. The molecule has 1 aliphatic rings. The van der Waals surface area contributed by atoms with Crippen molar-refractivity contribution in [3.8, 4) is 0 Å². The zero-order valence-corrected chi connectivity index (χ0v) is 19.8. The summed E-state index contributed by atoms with van der Waals surface area (Å²) in [4.78, 5) is 24.1. The molecule has 0 bridgehead atoms. The molecule has 0 radical (unpaired) electrons. The monoisotopic (exact) mass is 448 g/mol. The topological polar surface area (TPSA) is 39.7 Å². The molecule has 1 saturated heterocycles. The van der Waals surface area contributed by atoms with Gasteiger partial charge in [-0.2, -0.15) is 0 Å². The summed E-state index contributed by atoms with van der Waals surface area (Å²) < 4.78 is 0. The maximum absolute atomic E-state index is 12.9. The molecular weight excluding hydrogens is 416 g/mol. The van der Waals surface area contributed by atoms with Crippen LogP contribution in [0.1, 0.15) is 34.8 Å². The molecule has 0 spiro atoms. The van der Waals surface area contributed by atoms with Gasteiger partial charge in [-0.15, -0.1) is 11.3 Å². The third-order valence-corrected chi connectivity index (χ3v) is 7.04. The Labute approximate surface area is 195 Å². The molecule has 2 aromatic carbocycles. The van der Waals surface area contributed by atoms with Crippen LogP contribution in [0.2, 0.25) is 0 Å². The Balaban J connectivity index is 1.35. The van der Waals surface area contributed by atoms with Gasteiger partial charge in [-0.05, 0) is 24.6 Å². The van der Waals surface area contributed by atoms with E-state index in [-0.39, 0.29) is 11.9 Å². The number of carbonyl (C=O) groups is 1. The lowest BCUT2D eigenvalue weighted by Gasteiger charge is -2.40. The predicted octanol–water partition coefficient (Wildman–Crippen LogP) is 4.07. The van der Waals surface area contributed by atoms with E-state index in [1.165, 1.54) is 11.1 Å². The van der Waals surface area contributed by atoms with Gasteiger partial charge in [-0.1, -0.05) is 67.6 Å². The largest absolute Gasteiger partial charge is 0.339 e. The van der Waals surface area contributed by atoms with Gasteiger partial charge in [0.2, 0.25) is 5.91 Å². The molecule has 4 rings (SSSR count). The Kier molecular flexibility index (Phi) is 7.68. The third-order valence-electron chi connectivity index (χ3n) is 6.00. The van der Waals surface area contributed by atoms with Gasteiger partial charge in [0, 0.05) is 38.1 Å². The van der Waals surface area contributed by atoms with E-state index in [2.05, 4.69) is 87.8 Å². The van der Waals surface area contributed by atoms with Gasteiger partial charge in [0.25, 0.3) is 0 Å². The maximum Gasteiger partial charge on any atom is 0.236 e. The average molecular weight is 449 g/mol. The highest BCUT2D eigenvalue weighted by atomic mass is 32.1. The molecular formula is C26H32N4OS. The van der Waals surface area contributed by atoms with Gasteiger partial charge < -0.3 is 4.90 Å². The normalized spacial score (nSPS) is 14.9. The minimum Gasteiger partial charge on any atom is -0.339 e. The number of aromatic nitrogens is 1. The first kappa shape index (κ1) is 22.6. The van der Waals surface area contributed by atoms with E-state index in [1.54, 1.807) is 11.3 Å². The summed E-state index contributed by atoms with van der Waals surface area (Å²) in [7, 11) is 2.00. The first-order valence-electron chi connectivity index (χ1n) is 11.4. The Bertz CT molecular complexity index is 944. The first-order chi connectivity index (χ1) is 15.6. The standard InChI is InChI=1S/C26H32N4OS/c1-3-24-27-23(20-32-24)18-28(2)19-25(31)29-14-16-30(17-15-29)26(21-10-6-4-7-11-21)22-12-8-5-9-13-22/h4-13,20,26H,3,14-19H2,1-2H3. The molecule has 168 valence electrons. The van der Waals surface area contributed by atoms with Crippen LogP contribution in [0.15, 0.2) is 66.0 Å². The molecule has 1 fully saturated rings. The summed E-state index contributed by atoms with van der Waals surface area (Å²) in [6, 6.07) is 21.6. The molecule has 6 heteroatoms. The van der Waals surface area contributed by atoms with Crippen molar-refractivity contribution < 1.29 is 4.79 Å². The van der Waals surface area contributed by atoms with Gasteiger partial charge >= 0.3 is 0 Å². The fourth-order valence-corrected chi connectivity index (χ4v) is 5.10. The summed E-state index contributed by atoms with van der Waals surface area (Å²) >= 11 is 1.70. The van der Waals surface area contributed by atoms with Crippen LogP contribution in [0.3, 0.4) is 0 Å². The van der Waals surface area contributed by atoms with Crippen LogP contribution in [-0.2, 0) is 17.8 Å². The highest BCUT2D eigenvalue weighted by Gasteiger charge is 2.28. The number of likely N-dealkylation sites (N-methyl/N-ethyl adjacent to an activating group) is 1. The number of hydrogen-bond acceptors (Lipinski definition) is 5. The molecule has 0 atom stereocenters. The molecule has 5 nitrogen and oxygen atoms in total. The van der Waals surface area contributed by atoms with E-state index in [0.717, 1.165) is 43.3 Å². The lowest BCUT2D eigenvalue weighted by molar-refractivity contribution is -0.134. The van der Waals surface area contributed by atoms with Gasteiger partial charge in [-0.3, -0.25) is 14.6 Å². The Morgan fingerprint density at radius 1 is 1.00 bits per heavy atom. The van der Waals surface area contributed by atoms with Crippen LogP contribution in [0.4, 0.5) is 0 Å². The van der Waals surface area contributed by atoms with Crippen LogP contribution in [0, 0.1) is 0 Å². The number of amides is 1. The second kappa shape index (κ2) is 10.9. The Morgan fingerprint density at radius 2 is 1.59 bits per heavy atom. The zero-order chi connectivity index (χ0) is 22.3. The van der Waals surface area contributed by atoms with Gasteiger partial charge in [-0.25, -0.2) is 4.98 Å². The third kappa shape index (κ3) is 5.63. The number of piperazine rings is 1. The molecule has 2 heterocycles.